The van der Waals surface area contributed by atoms with Gasteiger partial charge in [0, 0.05) is 10.9 Å². The van der Waals surface area contributed by atoms with Crippen molar-refractivity contribution in [3.05, 3.63) is 54.1 Å². The highest BCUT2D eigenvalue weighted by Crippen LogP contribution is 2.32. The molecule has 0 atom stereocenters. The van der Waals surface area contributed by atoms with E-state index in [1.165, 1.54) is 5.56 Å². The summed E-state index contributed by atoms with van der Waals surface area (Å²) in [6.45, 7) is 2.06. The first kappa shape index (κ1) is 16.1. The van der Waals surface area contributed by atoms with Gasteiger partial charge in [-0.25, -0.2) is 4.98 Å². The van der Waals surface area contributed by atoms with Crippen molar-refractivity contribution < 1.29 is 14.0 Å². The Morgan fingerprint density at radius 3 is 2.50 bits per heavy atom. The van der Waals surface area contributed by atoms with Gasteiger partial charge < -0.3 is 14.0 Å². The Balaban J connectivity index is 1.71. The van der Waals surface area contributed by atoms with Crippen molar-refractivity contribution >= 4 is 10.9 Å². The Bertz CT molecular complexity index is 1090. The average molecular weight is 347 g/mol. The molecular weight excluding hydrogens is 330 g/mol. The van der Waals surface area contributed by atoms with Gasteiger partial charge in [0.25, 0.3) is 5.89 Å². The molecule has 0 saturated carbocycles. The maximum absolute atomic E-state index is 5.41. The van der Waals surface area contributed by atoms with Crippen LogP contribution in [0.1, 0.15) is 5.56 Å². The molecule has 0 aliphatic rings. The minimum Gasteiger partial charge on any atom is -0.493 e. The highest BCUT2D eigenvalue weighted by Gasteiger charge is 2.14. The van der Waals surface area contributed by atoms with E-state index in [2.05, 4.69) is 28.1 Å². The third-order valence-electron chi connectivity index (χ3n) is 4.13. The quantitative estimate of drug-likeness (QED) is 0.549. The fraction of sp³-hybridized carbons (Fsp3) is 0.150. The van der Waals surface area contributed by atoms with Crippen LogP contribution in [0.3, 0.4) is 0 Å². The molecule has 6 nitrogen and oxygen atoms in total. The molecule has 0 radical (unpaired) electrons. The predicted molar refractivity (Wildman–Crippen MR) is 98.3 cm³/mol. The van der Waals surface area contributed by atoms with Crippen LogP contribution in [0.15, 0.2) is 53.1 Å². The number of hydrogen-bond acceptors (Lipinski definition) is 6. The Hall–Kier alpha value is -3.41. The van der Waals surface area contributed by atoms with Gasteiger partial charge in [0.2, 0.25) is 5.82 Å². The molecule has 0 amide bonds. The molecule has 0 fully saturated rings. The summed E-state index contributed by atoms with van der Waals surface area (Å²) >= 11 is 0. The lowest BCUT2D eigenvalue weighted by Gasteiger charge is -2.07. The van der Waals surface area contributed by atoms with Crippen LogP contribution in [-0.4, -0.2) is 29.3 Å². The Morgan fingerprint density at radius 1 is 0.846 bits per heavy atom. The van der Waals surface area contributed by atoms with Crippen LogP contribution in [0.5, 0.6) is 11.5 Å². The molecule has 0 spiro atoms. The van der Waals surface area contributed by atoms with Crippen molar-refractivity contribution in [2.24, 2.45) is 0 Å². The van der Waals surface area contributed by atoms with Crippen LogP contribution < -0.4 is 9.47 Å². The summed E-state index contributed by atoms with van der Waals surface area (Å²) in [7, 11) is 3.18. The number of aromatic nitrogens is 3. The zero-order valence-electron chi connectivity index (χ0n) is 14.7. The zero-order valence-corrected chi connectivity index (χ0v) is 14.7. The topological polar surface area (TPSA) is 70.3 Å². The molecule has 2 aromatic heterocycles. The fourth-order valence-corrected chi connectivity index (χ4v) is 2.78. The largest absolute Gasteiger partial charge is 0.493 e. The number of methoxy groups -OCH3 is 2. The predicted octanol–water partition coefficient (Wildman–Crippen LogP) is 4.28. The van der Waals surface area contributed by atoms with Gasteiger partial charge in [0.15, 0.2) is 11.5 Å². The van der Waals surface area contributed by atoms with Gasteiger partial charge in [-0.05, 0) is 43.3 Å². The second-order valence-corrected chi connectivity index (χ2v) is 5.89. The number of benzene rings is 2. The van der Waals surface area contributed by atoms with Crippen molar-refractivity contribution in [2.75, 3.05) is 14.2 Å². The monoisotopic (exact) mass is 347 g/mol. The van der Waals surface area contributed by atoms with Gasteiger partial charge in [-0.15, -0.1) is 0 Å². The molecule has 6 heteroatoms. The summed E-state index contributed by atoms with van der Waals surface area (Å²) < 4.78 is 16.0. The molecule has 26 heavy (non-hydrogen) atoms. The van der Waals surface area contributed by atoms with Gasteiger partial charge >= 0.3 is 0 Å². The van der Waals surface area contributed by atoms with Gasteiger partial charge in [-0.3, -0.25) is 0 Å². The zero-order chi connectivity index (χ0) is 18.1. The van der Waals surface area contributed by atoms with Gasteiger partial charge in [-0.2, -0.15) is 4.98 Å². The van der Waals surface area contributed by atoms with E-state index in [-0.39, 0.29) is 0 Å². The molecule has 4 aromatic rings. The summed E-state index contributed by atoms with van der Waals surface area (Å²) in [6.07, 6.45) is 0. The maximum atomic E-state index is 5.41. The van der Waals surface area contributed by atoms with E-state index in [4.69, 9.17) is 14.0 Å². The molecular formula is C20H17N3O3. The van der Waals surface area contributed by atoms with E-state index in [1.807, 2.05) is 30.3 Å². The average Bonchev–Trinajstić information content (AvgIpc) is 3.17. The van der Waals surface area contributed by atoms with E-state index in [0.717, 1.165) is 16.5 Å². The molecule has 0 unspecified atom stereocenters. The summed E-state index contributed by atoms with van der Waals surface area (Å²) in [5, 5.41) is 5.15. The van der Waals surface area contributed by atoms with Crippen molar-refractivity contribution in [3.63, 3.8) is 0 Å². The van der Waals surface area contributed by atoms with Crippen LogP contribution in [-0.2, 0) is 0 Å². The number of ether oxygens (including phenoxy) is 2. The van der Waals surface area contributed by atoms with Gasteiger partial charge in [0.05, 0.1) is 19.7 Å². The highest BCUT2D eigenvalue weighted by atomic mass is 16.5. The van der Waals surface area contributed by atoms with Crippen LogP contribution in [0.25, 0.3) is 33.9 Å². The molecule has 0 N–H and O–H groups in total. The van der Waals surface area contributed by atoms with E-state index in [1.54, 1.807) is 26.4 Å². The number of hydrogen-bond donors (Lipinski definition) is 0. The molecule has 2 aromatic carbocycles. The van der Waals surface area contributed by atoms with Crippen LogP contribution in [0.2, 0.25) is 0 Å². The highest BCUT2D eigenvalue weighted by molar-refractivity contribution is 5.81. The Kier molecular flexibility index (Phi) is 4.01. The fourth-order valence-electron chi connectivity index (χ4n) is 2.78. The molecule has 0 aliphatic heterocycles. The van der Waals surface area contributed by atoms with Gasteiger partial charge in [0.1, 0.15) is 5.69 Å². The number of nitrogens with zero attached hydrogens (tertiary/aromatic N) is 3. The minimum atomic E-state index is 0.395. The van der Waals surface area contributed by atoms with Crippen molar-refractivity contribution in [1.29, 1.82) is 0 Å². The Labute approximate surface area is 150 Å². The number of fused-ring (bicyclic) bond motifs is 1. The van der Waals surface area contributed by atoms with E-state index in [9.17, 15) is 0 Å². The van der Waals surface area contributed by atoms with E-state index in [0.29, 0.717) is 28.9 Å². The first-order valence-corrected chi connectivity index (χ1v) is 8.12. The van der Waals surface area contributed by atoms with Crippen molar-refractivity contribution in [2.45, 2.75) is 6.92 Å². The summed E-state index contributed by atoms with van der Waals surface area (Å²) in [5.74, 6) is 2.08. The molecule has 0 saturated heterocycles. The minimum absolute atomic E-state index is 0.395. The molecule has 2 heterocycles. The molecule has 4 rings (SSSR count). The Morgan fingerprint density at radius 2 is 1.69 bits per heavy atom. The summed E-state index contributed by atoms with van der Waals surface area (Å²) in [5.41, 5.74) is 3.50. The summed E-state index contributed by atoms with van der Waals surface area (Å²) in [6, 6.07) is 15.5. The normalized spacial score (nSPS) is 10.9. The first-order chi connectivity index (χ1) is 12.7. The van der Waals surface area contributed by atoms with Crippen molar-refractivity contribution in [1.82, 2.24) is 15.1 Å². The van der Waals surface area contributed by atoms with Gasteiger partial charge in [-0.1, -0.05) is 22.9 Å². The molecule has 0 bridgehead atoms. The maximum Gasteiger partial charge on any atom is 0.258 e. The lowest BCUT2D eigenvalue weighted by atomic mass is 10.1. The first-order valence-electron chi connectivity index (χ1n) is 8.12. The second kappa shape index (κ2) is 6.48. The molecule has 0 aliphatic carbocycles. The number of aryl methyl sites for hydroxylation is 1. The lowest BCUT2D eigenvalue weighted by molar-refractivity contribution is 0.355. The van der Waals surface area contributed by atoms with Crippen LogP contribution >= 0.6 is 0 Å². The van der Waals surface area contributed by atoms with Crippen molar-refractivity contribution in [3.8, 4) is 34.5 Å². The summed E-state index contributed by atoms with van der Waals surface area (Å²) in [4.78, 5) is 9.09. The van der Waals surface area contributed by atoms with Crippen LogP contribution in [0.4, 0.5) is 0 Å². The van der Waals surface area contributed by atoms with E-state index >= 15 is 0 Å². The third kappa shape index (κ3) is 2.86. The second-order valence-electron chi connectivity index (χ2n) is 5.89. The molecule has 130 valence electrons. The standard InChI is InChI=1S/C20H17N3O3/c1-12-4-7-15-13(10-12)5-8-16(21-15)19-22-20(26-23-19)14-6-9-17(24-2)18(11-14)25-3/h4-11H,1-3H3. The van der Waals surface area contributed by atoms with E-state index < -0.39 is 0 Å². The SMILES string of the molecule is COc1ccc(-c2nc(-c3ccc4cc(C)ccc4n3)no2)cc1OC. The lowest BCUT2D eigenvalue weighted by Crippen LogP contribution is -1.91. The number of rotatable bonds is 4. The smallest absolute Gasteiger partial charge is 0.258 e. The third-order valence-corrected chi connectivity index (χ3v) is 4.13. The number of pyridine rings is 1. The van der Waals surface area contributed by atoms with Crippen LogP contribution in [0, 0.1) is 6.92 Å².